The van der Waals surface area contributed by atoms with Gasteiger partial charge in [-0.05, 0) is 11.8 Å². The standard InChI is InChI=1S/C12H19N3O2/c1-8(2)10-5-11(15-7-14-10)13-6-9(3)4-12(16)17/h5,7-9H,4,6H2,1-3H3,(H,16,17)(H,13,14,15). The Hall–Kier alpha value is -1.65. The Kier molecular flexibility index (Phi) is 4.87. The van der Waals surface area contributed by atoms with Gasteiger partial charge in [0.1, 0.15) is 12.1 Å². The summed E-state index contributed by atoms with van der Waals surface area (Å²) in [5, 5.41) is 11.8. The molecule has 0 aliphatic rings. The van der Waals surface area contributed by atoms with Crippen LogP contribution in [0, 0.1) is 5.92 Å². The quantitative estimate of drug-likeness (QED) is 0.792. The van der Waals surface area contributed by atoms with Crippen molar-refractivity contribution in [2.75, 3.05) is 11.9 Å². The first-order valence-electron chi connectivity index (χ1n) is 5.76. The summed E-state index contributed by atoms with van der Waals surface area (Å²) in [5.74, 6) is 0.408. The van der Waals surface area contributed by atoms with Crippen molar-refractivity contribution in [1.82, 2.24) is 9.97 Å². The summed E-state index contributed by atoms with van der Waals surface area (Å²) in [6.07, 6.45) is 1.69. The average Bonchev–Trinajstić information content (AvgIpc) is 2.26. The molecule has 2 N–H and O–H groups in total. The maximum atomic E-state index is 10.5. The molecule has 94 valence electrons. The van der Waals surface area contributed by atoms with E-state index < -0.39 is 5.97 Å². The summed E-state index contributed by atoms with van der Waals surface area (Å²) < 4.78 is 0. The molecule has 0 bridgehead atoms. The van der Waals surface area contributed by atoms with E-state index in [4.69, 9.17) is 5.11 Å². The second-order valence-electron chi connectivity index (χ2n) is 4.57. The molecule has 1 rings (SSSR count). The highest BCUT2D eigenvalue weighted by atomic mass is 16.4. The monoisotopic (exact) mass is 237 g/mol. The summed E-state index contributed by atoms with van der Waals surface area (Å²) in [6.45, 7) is 6.63. The number of carbonyl (C=O) groups is 1. The minimum Gasteiger partial charge on any atom is -0.481 e. The van der Waals surface area contributed by atoms with Crippen molar-refractivity contribution in [3.8, 4) is 0 Å². The Morgan fingerprint density at radius 3 is 2.71 bits per heavy atom. The van der Waals surface area contributed by atoms with E-state index in [2.05, 4.69) is 29.1 Å². The second kappa shape index (κ2) is 6.18. The maximum absolute atomic E-state index is 10.5. The Morgan fingerprint density at radius 2 is 2.12 bits per heavy atom. The molecule has 0 saturated carbocycles. The van der Waals surface area contributed by atoms with Crippen LogP contribution in [0.2, 0.25) is 0 Å². The smallest absolute Gasteiger partial charge is 0.303 e. The highest BCUT2D eigenvalue weighted by Crippen LogP contribution is 2.14. The van der Waals surface area contributed by atoms with Crippen LogP contribution < -0.4 is 5.32 Å². The van der Waals surface area contributed by atoms with Crippen LogP contribution in [-0.2, 0) is 4.79 Å². The predicted octanol–water partition coefficient (Wildman–Crippen LogP) is 2.12. The summed E-state index contributed by atoms with van der Waals surface area (Å²) in [7, 11) is 0. The van der Waals surface area contributed by atoms with Gasteiger partial charge in [0.15, 0.2) is 0 Å². The molecule has 17 heavy (non-hydrogen) atoms. The highest BCUT2D eigenvalue weighted by Gasteiger charge is 2.08. The number of aliphatic carboxylic acids is 1. The molecule has 0 aromatic carbocycles. The molecule has 1 atom stereocenters. The Morgan fingerprint density at radius 1 is 1.41 bits per heavy atom. The summed E-state index contributed by atoms with van der Waals surface area (Å²) in [4.78, 5) is 18.8. The summed E-state index contributed by atoms with van der Waals surface area (Å²) in [5.41, 5.74) is 0.980. The lowest BCUT2D eigenvalue weighted by Gasteiger charge is -2.12. The zero-order valence-electron chi connectivity index (χ0n) is 10.5. The fourth-order valence-corrected chi connectivity index (χ4v) is 1.43. The normalized spacial score (nSPS) is 12.5. The molecule has 0 radical (unpaired) electrons. The van der Waals surface area contributed by atoms with Crippen LogP contribution in [-0.4, -0.2) is 27.6 Å². The zero-order valence-corrected chi connectivity index (χ0v) is 10.5. The minimum atomic E-state index is -0.773. The first kappa shape index (κ1) is 13.4. The van der Waals surface area contributed by atoms with Crippen LogP contribution >= 0.6 is 0 Å². The van der Waals surface area contributed by atoms with Gasteiger partial charge in [-0.3, -0.25) is 4.79 Å². The van der Waals surface area contributed by atoms with Crippen molar-refractivity contribution >= 4 is 11.8 Å². The topological polar surface area (TPSA) is 75.1 Å². The van der Waals surface area contributed by atoms with Crippen molar-refractivity contribution < 1.29 is 9.90 Å². The van der Waals surface area contributed by atoms with Crippen molar-refractivity contribution in [2.45, 2.75) is 33.1 Å². The molecule has 0 aliphatic heterocycles. The highest BCUT2D eigenvalue weighted by molar-refractivity contribution is 5.67. The largest absolute Gasteiger partial charge is 0.481 e. The van der Waals surface area contributed by atoms with E-state index in [0.717, 1.165) is 11.5 Å². The summed E-state index contributed by atoms with van der Waals surface area (Å²) >= 11 is 0. The number of hydrogen-bond acceptors (Lipinski definition) is 4. The van der Waals surface area contributed by atoms with Crippen LogP contribution in [0.3, 0.4) is 0 Å². The Balaban J connectivity index is 2.51. The van der Waals surface area contributed by atoms with Crippen molar-refractivity contribution in [3.63, 3.8) is 0 Å². The lowest BCUT2D eigenvalue weighted by Crippen LogP contribution is -2.15. The molecule has 1 aromatic heterocycles. The van der Waals surface area contributed by atoms with Crippen LogP contribution in [0.4, 0.5) is 5.82 Å². The molecule has 5 nitrogen and oxygen atoms in total. The lowest BCUT2D eigenvalue weighted by atomic mass is 10.1. The molecule has 1 unspecified atom stereocenters. The Bertz CT molecular complexity index is 380. The molecule has 0 aliphatic carbocycles. The van der Waals surface area contributed by atoms with Crippen LogP contribution in [0.25, 0.3) is 0 Å². The number of hydrogen-bond donors (Lipinski definition) is 2. The SMILES string of the molecule is CC(CNc1cc(C(C)C)ncn1)CC(=O)O. The molecule has 1 heterocycles. The molecule has 0 spiro atoms. The number of anilines is 1. The third-order valence-electron chi connectivity index (χ3n) is 2.43. The van der Waals surface area contributed by atoms with E-state index in [0.29, 0.717) is 12.5 Å². The number of rotatable bonds is 6. The van der Waals surface area contributed by atoms with Gasteiger partial charge in [-0.2, -0.15) is 0 Å². The van der Waals surface area contributed by atoms with E-state index >= 15 is 0 Å². The third-order valence-corrected chi connectivity index (χ3v) is 2.43. The molecular weight excluding hydrogens is 218 g/mol. The Labute approximate surface area is 101 Å². The first-order chi connectivity index (χ1) is 7.99. The van der Waals surface area contributed by atoms with E-state index in [-0.39, 0.29) is 12.3 Å². The van der Waals surface area contributed by atoms with Crippen molar-refractivity contribution in [1.29, 1.82) is 0 Å². The van der Waals surface area contributed by atoms with Gasteiger partial charge in [0.25, 0.3) is 0 Å². The number of nitrogens with zero attached hydrogens (tertiary/aromatic N) is 2. The lowest BCUT2D eigenvalue weighted by molar-refractivity contribution is -0.137. The maximum Gasteiger partial charge on any atom is 0.303 e. The van der Waals surface area contributed by atoms with E-state index in [1.807, 2.05) is 13.0 Å². The van der Waals surface area contributed by atoms with Gasteiger partial charge in [0, 0.05) is 24.7 Å². The average molecular weight is 237 g/mol. The minimum absolute atomic E-state index is 0.0740. The molecule has 0 amide bonds. The molecule has 0 saturated heterocycles. The van der Waals surface area contributed by atoms with Gasteiger partial charge in [-0.1, -0.05) is 20.8 Å². The number of carboxylic acids is 1. The van der Waals surface area contributed by atoms with Crippen LogP contribution in [0.5, 0.6) is 0 Å². The van der Waals surface area contributed by atoms with Crippen molar-refractivity contribution in [3.05, 3.63) is 18.1 Å². The van der Waals surface area contributed by atoms with E-state index in [1.165, 1.54) is 6.33 Å². The first-order valence-corrected chi connectivity index (χ1v) is 5.76. The molecule has 1 aromatic rings. The van der Waals surface area contributed by atoms with Crippen LogP contribution in [0.15, 0.2) is 12.4 Å². The van der Waals surface area contributed by atoms with Gasteiger partial charge in [-0.25, -0.2) is 9.97 Å². The number of aromatic nitrogens is 2. The van der Waals surface area contributed by atoms with E-state index in [1.54, 1.807) is 0 Å². The second-order valence-corrected chi connectivity index (χ2v) is 4.57. The molecular formula is C12H19N3O2. The van der Waals surface area contributed by atoms with Gasteiger partial charge in [-0.15, -0.1) is 0 Å². The molecule has 0 fully saturated rings. The van der Waals surface area contributed by atoms with Crippen molar-refractivity contribution in [2.24, 2.45) is 5.92 Å². The number of nitrogens with one attached hydrogen (secondary N) is 1. The fourth-order valence-electron chi connectivity index (χ4n) is 1.43. The van der Waals surface area contributed by atoms with E-state index in [9.17, 15) is 4.79 Å². The van der Waals surface area contributed by atoms with Crippen LogP contribution in [0.1, 0.15) is 38.8 Å². The zero-order chi connectivity index (χ0) is 12.8. The fraction of sp³-hybridized carbons (Fsp3) is 0.583. The predicted molar refractivity (Wildman–Crippen MR) is 66.0 cm³/mol. The summed E-state index contributed by atoms with van der Waals surface area (Å²) in [6, 6.07) is 1.90. The van der Waals surface area contributed by atoms with Gasteiger partial charge >= 0.3 is 5.97 Å². The van der Waals surface area contributed by atoms with Gasteiger partial charge < -0.3 is 10.4 Å². The number of carboxylic acid groups (broad SMARTS) is 1. The van der Waals surface area contributed by atoms with Gasteiger partial charge in [0.2, 0.25) is 0 Å². The molecule has 5 heteroatoms. The van der Waals surface area contributed by atoms with Gasteiger partial charge in [0.05, 0.1) is 0 Å². The third kappa shape index (κ3) is 4.80.